The second-order valence-electron chi connectivity index (χ2n) is 7.73. The van der Waals surface area contributed by atoms with E-state index in [4.69, 9.17) is 14.2 Å². The Morgan fingerprint density at radius 3 is 2.34 bits per heavy atom. The average molecular weight is 404 g/mol. The van der Waals surface area contributed by atoms with Crippen LogP contribution in [0.5, 0.6) is 0 Å². The summed E-state index contributed by atoms with van der Waals surface area (Å²) in [6, 6.07) is 8.24. The van der Waals surface area contributed by atoms with E-state index in [9.17, 15) is 14.4 Å². The van der Waals surface area contributed by atoms with E-state index >= 15 is 0 Å². The van der Waals surface area contributed by atoms with Gasteiger partial charge in [-0.25, -0.2) is 9.59 Å². The number of carbonyl (C=O) groups excluding carboxylic acids is 3. The first-order valence-electron chi connectivity index (χ1n) is 9.41. The van der Waals surface area contributed by atoms with Crippen LogP contribution < -0.4 is 10.6 Å². The minimum absolute atomic E-state index is 0.120. The highest BCUT2D eigenvalue weighted by Crippen LogP contribution is 2.22. The third-order valence-corrected chi connectivity index (χ3v) is 4.20. The number of rotatable bonds is 5. The molecule has 8 heteroatoms. The molecule has 2 amide bonds. The van der Waals surface area contributed by atoms with Gasteiger partial charge in [-0.05, 0) is 32.8 Å². The maximum atomic E-state index is 12.2. The van der Waals surface area contributed by atoms with Crippen LogP contribution in [0, 0.1) is 5.92 Å². The number of alkyl carbamates (subject to hydrolysis) is 2. The van der Waals surface area contributed by atoms with Gasteiger partial charge >= 0.3 is 18.2 Å². The van der Waals surface area contributed by atoms with Crippen molar-refractivity contribution in [3.8, 4) is 0 Å². The minimum atomic E-state index is -0.672. The van der Waals surface area contributed by atoms with Gasteiger partial charge in [-0.1, -0.05) is 42.5 Å². The topological polar surface area (TPSA) is 103 Å². The lowest BCUT2D eigenvalue weighted by Gasteiger charge is -2.31. The number of methoxy groups -OCH3 is 1. The van der Waals surface area contributed by atoms with Crippen molar-refractivity contribution in [3.63, 3.8) is 0 Å². The summed E-state index contributed by atoms with van der Waals surface area (Å²) in [5, 5.41) is 5.38. The molecule has 0 saturated carbocycles. The van der Waals surface area contributed by atoms with Gasteiger partial charge in [0.05, 0.1) is 25.1 Å². The fourth-order valence-electron chi connectivity index (χ4n) is 2.90. The molecule has 2 N–H and O–H groups in total. The molecule has 0 saturated heterocycles. The molecule has 2 rings (SSSR count). The first-order chi connectivity index (χ1) is 13.7. The van der Waals surface area contributed by atoms with Crippen molar-refractivity contribution in [1.29, 1.82) is 0 Å². The first-order valence-corrected chi connectivity index (χ1v) is 9.41. The van der Waals surface area contributed by atoms with Gasteiger partial charge in [0.15, 0.2) is 0 Å². The van der Waals surface area contributed by atoms with Crippen molar-refractivity contribution >= 4 is 18.2 Å². The fraction of sp³-hybridized carbons (Fsp3) is 0.476. The lowest BCUT2D eigenvalue weighted by atomic mass is 9.87. The van der Waals surface area contributed by atoms with Crippen molar-refractivity contribution in [1.82, 2.24) is 10.6 Å². The largest absolute Gasteiger partial charge is 0.469 e. The second kappa shape index (κ2) is 9.95. The van der Waals surface area contributed by atoms with Gasteiger partial charge in [0.1, 0.15) is 12.2 Å². The van der Waals surface area contributed by atoms with Gasteiger partial charge < -0.3 is 24.8 Å². The van der Waals surface area contributed by atoms with E-state index in [0.717, 1.165) is 5.56 Å². The summed E-state index contributed by atoms with van der Waals surface area (Å²) in [4.78, 5) is 36.3. The van der Waals surface area contributed by atoms with Gasteiger partial charge in [0.25, 0.3) is 0 Å². The number of ether oxygens (including phenoxy) is 3. The Bertz CT molecular complexity index is 741. The van der Waals surface area contributed by atoms with E-state index in [2.05, 4.69) is 10.6 Å². The SMILES string of the molecule is COC(=O)[C@@H]1C[C@H](NC(=O)OC(C)(C)C)C=CC1NC(=O)OCc1ccccc1. The Hall–Kier alpha value is -3.03. The molecule has 1 aromatic rings. The zero-order valence-corrected chi connectivity index (χ0v) is 17.1. The van der Waals surface area contributed by atoms with E-state index in [1.165, 1.54) is 7.11 Å². The quantitative estimate of drug-likeness (QED) is 0.444. The van der Waals surface area contributed by atoms with E-state index in [1.54, 1.807) is 32.9 Å². The highest BCUT2D eigenvalue weighted by molar-refractivity contribution is 5.76. The number of nitrogens with one attached hydrogen (secondary N) is 2. The molecule has 0 radical (unpaired) electrons. The second-order valence-corrected chi connectivity index (χ2v) is 7.73. The summed E-state index contributed by atoms with van der Waals surface area (Å²) >= 11 is 0. The Kier molecular flexibility index (Phi) is 7.64. The van der Waals surface area contributed by atoms with Crippen molar-refractivity contribution < 1.29 is 28.6 Å². The van der Waals surface area contributed by atoms with Crippen molar-refractivity contribution in [2.24, 2.45) is 5.92 Å². The number of hydrogen-bond acceptors (Lipinski definition) is 6. The molecule has 0 aliphatic heterocycles. The Morgan fingerprint density at radius 1 is 1.03 bits per heavy atom. The summed E-state index contributed by atoms with van der Waals surface area (Å²) in [5.74, 6) is -1.16. The summed E-state index contributed by atoms with van der Waals surface area (Å²) in [7, 11) is 1.28. The van der Waals surface area contributed by atoms with E-state index in [-0.39, 0.29) is 13.0 Å². The van der Waals surface area contributed by atoms with Gasteiger partial charge in [-0.3, -0.25) is 4.79 Å². The molecule has 1 aliphatic rings. The van der Waals surface area contributed by atoms with E-state index in [0.29, 0.717) is 0 Å². The molecule has 29 heavy (non-hydrogen) atoms. The normalized spacial score (nSPS) is 21.0. The van der Waals surface area contributed by atoms with Crippen LogP contribution in [0.15, 0.2) is 42.5 Å². The predicted molar refractivity (Wildman–Crippen MR) is 106 cm³/mol. The molecule has 3 atom stereocenters. The third kappa shape index (κ3) is 7.48. The standard InChI is InChI=1S/C21H28N2O6/c1-21(2,3)29-20(26)22-15-10-11-17(16(12-15)18(24)27-4)23-19(25)28-13-14-8-6-5-7-9-14/h5-11,15-17H,12-13H2,1-4H3,(H,22,26)(H,23,25)/t15-,16-,17?/m1/s1. The molecule has 0 heterocycles. The van der Waals surface area contributed by atoms with Gasteiger partial charge in [0.2, 0.25) is 0 Å². The van der Waals surface area contributed by atoms with Crippen LogP contribution in [0.2, 0.25) is 0 Å². The van der Waals surface area contributed by atoms with Gasteiger partial charge in [-0.2, -0.15) is 0 Å². The van der Waals surface area contributed by atoms with Crippen LogP contribution in [-0.2, 0) is 25.6 Å². The molecule has 0 spiro atoms. The van der Waals surface area contributed by atoms with Crippen LogP contribution in [0.3, 0.4) is 0 Å². The zero-order chi connectivity index (χ0) is 21.4. The molecule has 1 unspecified atom stereocenters. The number of hydrogen-bond donors (Lipinski definition) is 2. The third-order valence-electron chi connectivity index (χ3n) is 4.20. The van der Waals surface area contributed by atoms with Crippen LogP contribution in [0.1, 0.15) is 32.8 Å². The molecule has 1 aliphatic carbocycles. The molecule has 0 bridgehead atoms. The van der Waals surface area contributed by atoms with Crippen LogP contribution in [0.25, 0.3) is 0 Å². The maximum absolute atomic E-state index is 12.2. The summed E-state index contributed by atoms with van der Waals surface area (Å²) in [6.45, 7) is 5.42. The predicted octanol–water partition coefficient (Wildman–Crippen LogP) is 2.92. The summed E-state index contributed by atoms with van der Waals surface area (Å²) < 4.78 is 15.3. The van der Waals surface area contributed by atoms with Crippen molar-refractivity contribution in [2.75, 3.05) is 7.11 Å². The molecule has 1 aromatic carbocycles. The van der Waals surface area contributed by atoms with Gasteiger partial charge in [-0.15, -0.1) is 0 Å². The smallest absolute Gasteiger partial charge is 0.408 e. The van der Waals surface area contributed by atoms with E-state index in [1.807, 2.05) is 30.3 Å². The Morgan fingerprint density at radius 2 is 1.72 bits per heavy atom. The number of carbonyl (C=O) groups is 3. The van der Waals surface area contributed by atoms with Gasteiger partial charge in [0, 0.05) is 0 Å². The molecule has 0 fully saturated rings. The van der Waals surface area contributed by atoms with Crippen molar-refractivity contribution in [3.05, 3.63) is 48.0 Å². The van der Waals surface area contributed by atoms with Crippen LogP contribution >= 0.6 is 0 Å². The Labute approximate surface area is 170 Å². The maximum Gasteiger partial charge on any atom is 0.408 e. The number of esters is 1. The number of benzene rings is 1. The summed E-state index contributed by atoms with van der Waals surface area (Å²) in [5.41, 5.74) is 0.226. The first kappa shape index (κ1) is 22.3. The van der Waals surface area contributed by atoms with Crippen molar-refractivity contribution in [2.45, 2.75) is 51.5 Å². The van der Waals surface area contributed by atoms with Crippen LogP contribution in [-0.4, -0.2) is 43.0 Å². The minimum Gasteiger partial charge on any atom is -0.469 e. The Balaban J connectivity index is 1.96. The molecular weight excluding hydrogens is 376 g/mol. The lowest BCUT2D eigenvalue weighted by molar-refractivity contribution is -0.146. The molecular formula is C21H28N2O6. The average Bonchev–Trinajstić information content (AvgIpc) is 2.66. The van der Waals surface area contributed by atoms with E-state index < -0.39 is 41.8 Å². The van der Waals surface area contributed by atoms with Crippen LogP contribution in [0.4, 0.5) is 9.59 Å². The summed E-state index contributed by atoms with van der Waals surface area (Å²) in [6.07, 6.45) is 2.40. The number of amides is 2. The fourth-order valence-corrected chi connectivity index (χ4v) is 2.90. The monoisotopic (exact) mass is 404 g/mol. The molecule has 158 valence electrons. The molecule has 8 nitrogen and oxygen atoms in total. The lowest BCUT2D eigenvalue weighted by Crippen LogP contribution is -2.49. The highest BCUT2D eigenvalue weighted by atomic mass is 16.6. The highest BCUT2D eigenvalue weighted by Gasteiger charge is 2.35. The zero-order valence-electron chi connectivity index (χ0n) is 17.1. The molecule has 0 aromatic heterocycles.